The van der Waals surface area contributed by atoms with Crippen LogP contribution in [0.5, 0.6) is 5.75 Å². The first-order valence-electron chi connectivity index (χ1n) is 10.7. The number of benzene rings is 2. The lowest BCUT2D eigenvalue weighted by Gasteiger charge is -2.37. The summed E-state index contributed by atoms with van der Waals surface area (Å²) in [4.78, 5) is 29.0. The van der Waals surface area contributed by atoms with Crippen molar-refractivity contribution in [2.24, 2.45) is 5.92 Å². The van der Waals surface area contributed by atoms with Crippen molar-refractivity contribution in [3.05, 3.63) is 52.0 Å². The fourth-order valence-corrected chi connectivity index (χ4v) is 3.89. The Morgan fingerprint density at radius 2 is 1.78 bits per heavy atom. The Morgan fingerprint density at radius 1 is 1.06 bits per heavy atom. The zero-order chi connectivity index (χ0) is 23.3. The molecule has 2 aromatic rings. The van der Waals surface area contributed by atoms with Crippen LogP contribution >= 0.6 is 23.2 Å². The van der Waals surface area contributed by atoms with Crippen molar-refractivity contribution in [1.82, 2.24) is 4.90 Å². The molecule has 0 saturated carbocycles. The summed E-state index contributed by atoms with van der Waals surface area (Å²) >= 11 is 12.2. The molecule has 172 valence electrons. The Labute approximate surface area is 199 Å². The van der Waals surface area contributed by atoms with Crippen LogP contribution in [0.4, 0.5) is 11.4 Å². The second-order valence-electron chi connectivity index (χ2n) is 8.38. The largest absolute Gasteiger partial charge is 0.484 e. The van der Waals surface area contributed by atoms with E-state index >= 15 is 0 Å². The summed E-state index contributed by atoms with van der Waals surface area (Å²) in [5.74, 6) is 0.832. The number of nitrogens with one attached hydrogen (secondary N) is 1. The SMILES string of the molecule is Cc1cc(OCC(=O)Nc2cc(Cl)ccc2N2CCN(C(=O)CC(C)C)CC2)ccc1Cl. The van der Waals surface area contributed by atoms with Crippen molar-refractivity contribution in [2.45, 2.75) is 27.2 Å². The molecule has 1 N–H and O–H groups in total. The number of halogens is 2. The van der Waals surface area contributed by atoms with Gasteiger partial charge >= 0.3 is 0 Å². The summed E-state index contributed by atoms with van der Waals surface area (Å²) in [6, 6.07) is 10.7. The Balaban J connectivity index is 1.62. The Hall–Kier alpha value is -2.44. The van der Waals surface area contributed by atoms with E-state index in [1.54, 1.807) is 30.3 Å². The van der Waals surface area contributed by atoms with E-state index in [9.17, 15) is 9.59 Å². The van der Waals surface area contributed by atoms with Crippen LogP contribution in [0.15, 0.2) is 36.4 Å². The number of carbonyl (C=O) groups is 2. The lowest BCUT2D eigenvalue weighted by molar-refractivity contribution is -0.132. The third kappa shape index (κ3) is 6.53. The number of hydrogen-bond acceptors (Lipinski definition) is 4. The zero-order valence-electron chi connectivity index (χ0n) is 18.7. The van der Waals surface area contributed by atoms with E-state index < -0.39 is 0 Å². The molecular formula is C24H29Cl2N3O3. The lowest BCUT2D eigenvalue weighted by atomic mass is 10.1. The van der Waals surface area contributed by atoms with E-state index in [0.29, 0.717) is 60.0 Å². The standard InChI is InChI=1S/C24H29Cl2N3O3/c1-16(2)12-24(31)29-10-8-28(9-11-29)22-7-4-18(25)14-21(22)27-23(30)15-32-19-5-6-20(26)17(3)13-19/h4-7,13-14,16H,8-12,15H2,1-3H3,(H,27,30). The molecule has 0 unspecified atom stereocenters. The van der Waals surface area contributed by atoms with Crippen molar-refractivity contribution in [3.8, 4) is 5.75 Å². The van der Waals surface area contributed by atoms with E-state index in [0.717, 1.165) is 11.3 Å². The second-order valence-corrected chi connectivity index (χ2v) is 9.22. The molecule has 32 heavy (non-hydrogen) atoms. The van der Waals surface area contributed by atoms with Crippen LogP contribution in [0.2, 0.25) is 10.0 Å². The Kier molecular flexibility index (Phi) is 8.26. The van der Waals surface area contributed by atoms with Crippen LogP contribution in [0.25, 0.3) is 0 Å². The van der Waals surface area contributed by atoms with Crippen molar-refractivity contribution < 1.29 is 14.3 Å². The minimum atomic E-state index is -0.285. The van der Waals surface area contributed by atoms with E-state index in [1.165, 1.54) is 0 Å². The van der Waals surface area contributed by atoms with Crippen molar-refractivity contribution >= 4 is 46.4 Å². The number of carbonyl (C=O) groups excluding carboxylic acids is 2. The van der Waals surface area contributed by atoms with Crippen LogP contribution in [0, 0.1) is 12.8 Å². The smallest absolute Gasteiger partial charge is 0.262 e. The molecule has 0 atom stereocenters. The number of nitrogens with zero attached hydrogens (tertiary/aromatic N) is 2. The molecule has 0 aromatic heterocycles. The normalized spacial score (nSPS) is 13.9. The molecule has 2 aromatic carbocycles. The van der Waals surface area contributed by atoms with Crippen LogP contribution in [-0.4, -0.2) is 49.5 Å². The van der Waals surface area contributed by atoms with Gasteiger partial charge in [-0.25, -0.2) is 0 Å². The molecule has 0 aliphatic carbocycles. The molecule has 6 nitrogen and oxygen atoms in total. The van der Waals surface area contributed by atoms with Crippen LogP contribution < -0.4 is 15.0 Å². The minimum Gasteiger partial charge on any atom is -0.484 e. The zero-order valence-corrected chi connectivity index (χ0v) is 20.2. The van der Waals surface area contributed by atoms with Gasteiger partial charge in [0, 0.05) is 42.6 Å². The third-order valence-electron chi connectivity index (χ3n) is 5.29. The summed E-state index contributed by atoms with van der Waals surface area (Å²) in [6.07, 6.45) is 0.565. The highest BCUT2D eigenvalue weighted by atomic mass is 35.5. The van der Waals surface area contributed by atoms with Gasteiger partial charge < -0.3 is 19.9 Å². The fourth-order valence-electron chi connectivity index (χ4n) is 3.60. The van der Waals surface area contributed by atoms with Crippen LogP contribution in [0.1, 0.15) is 25.8 Å². The van der Waals surface area contributed by atoms with Gasteiger partial charge in [0.2, 0.25) is 5.91 Å². The van der Waals surface area contributed by atoms with Gasteiger partial charge in [-0.1, -0.05) is 37.0 Å². The number of ether oxygens (including phenoxy) is 1. The van der Waals surface area contributed by atoms with Gasteiger partial charge in [-0.3, -0.25) is 9.59 Å². The van der Waals surface area contributed by atoms with Gasteiger partial charge in [0.1, 0.15) is 5.75 Å². The number of piperazine rings is 1. The molecule has 1 fully saturated rings. The summed E-state index contributed by atoms with van der Waals surface area (Å²) in [7, 11) is 0. The number of amides is 2. The van der Waals surface area contributed by atoms with Crippen molar-refractivity contribution in [1.29, 1.82) is 0 Å². The van der Waals surface area contributed by atoms with Gasteiger partial charge in [-0.15, -0.1) is 0 Å². The molecule has 0 bridgehead atoms. The summed E-state index contributed by atoms with van der Waals surface area (Å²) in [5, 5.41) is 4.09. The van der Waals surface area contributed by atoms with E-state index in [2.05, 4.69) is 24.1 Å². The number of hydrogen-bond donors (Lipinski definition) is 1. The number of aryl methyl sites for hydroxylation is 1. The highest BCUT2D eigenvalue weighted by Gasteiger charge is 2.23. The Bertz CT molecular complexity index is 973. The monoisotopic (exact) mass is 477 g/mol. The maximum absolute atomic E-state index is 12.6. The second kappa shape index (κ2) is 10.9. The lowest BCUT2D eigenvalue weighted by Crippen LogP contribution is -2.49. The van der Waals surface area contributed by atoms with Crippen LogP contribution in [0.3, 0.4) is 0 Å². The molecule has 1 aliphatic heterocycles. The first kappa shape index (κ1) is 24.2. The van der Waals surface area contributed by atoms with Gasteiger partial charge in [-0.05, 0) is 54.8 Å². The van der Waals surface area contributed by atoms with Gasteiger partial charge in [0.25, 0.3) is 5.91 Å². The predicted molar refractivity (Wildman–Crippen MR) is 130 cm³/mol. The average Bonchev–Trinajstić information content (AvgIpc) is 2.74. The highest BCUT2D eigenvalue weighted by molar-refractivity contribution is 6.31. The highest BCUT2D eigenvalue weighted by Crippen LogP contribution is 2.30. The molecule has 0 spiro atoms. The van der Waals surface area contributed by atoms with Crippen LogP contribution in [-0.2, 0) is 9.59 Å². The first-order valence-corrected chi connectivity index (χ1v) is 11.5. The summed E-state index contributed by atoms with van der Waals surface area (Å²) in [6.45, 7) is 8.53. The summed E-state index contributed by atoms with van der Waals surface area (Å²) < 4.78 is 5.60. The van der Waals surface area contributed by atoms with E-state index in [-0.39, 0.29) is 18.4 Å². The maximum atomic E-state index is 12.6. The molecule has 1 aliphatic rings. The number of anilines is 2. The number of rotatable bonds is 7. The van der Waals surface area contributed by atoms with Crippen molar-refractivity contribution in [2.75, 3.05) is 43.0 Å². The van der Waals surface area contributed by atoms with E-state index in [1.807, 2.05) is 17.9 Å². The molecule has 1 heterocycles. The quantitative estimate of drug-likeness (QED) is 0.608. The molecule has 3 rings (SSSR count). The average molecular weight is 478 g/mol. The molecule has 8 heteroatoms. The van der Waals surface area contributed by atoms with Gasteiger partial charge in [-0.2, -0.15) is 0 Å². The molecule has 1 saturated heterocycles. The summed E-state index contributed by atoms with van der Waals surface area (Å²) in [5.41, 5.74) is 2.38. The predicted octanol–water partition coefficient (Wildman–Crippen LogP) is 5.01. The molecular weight excluding hydrogens is 449 g/mol. The topological polar surface area (TPSA) is 61.9 Å². The first-order chi connectivity index (χ1) is 15.2. The van der Waals surface area contributed by atoms with Crippen molar-refractivity contribution in [3.63, 3.8) is 0 Å². The molecule has 0 radical (unpaired) electrons. The minimum absolute atomic E-state index is 0.134. The van der Waals surface area contributed by atoms with E-state index in [4.69, 9.17) is 27.9 Å². The third-order valence-corrected chi connectivity index (χ3v) is 5.95. The maximum Gasteiger partial charge on any atom is 0.262 e. The Morgan fingerprint density at radius 3 is 2.44 bits per heavy atom. The van der Waals surface area contributed by atoms with Gasteiger partial charge in [0.15, 0.2) is 6.61 Å². The molecule has 2 amide bonds. The van der Waals surface area contributed by atoms with Gasteiger partial charge in [0.05, 0.1) is 11.4 Å². The fraction of sp³-hybridized carbons (Fsp3) is 0.417.